The van der Waals surface area contributed by atoms with Gasteiger partial charge in [-0.25, -0.2) is 0 Å². The Morgan fingerprint density at radius 1 is 1.33 bits per heavy atom. The highest BCUT2D eigenvalue weighted by atomic mass is 35.5. The summed E-state index contributed by atoms with van der Waals surface area (Å²) in [6.45, 7) is 1.32. The van der Waals surface area contributed by atoms with E-state index in [9.17, 15) is 9.59 Å². The Bertz CT molecular complexity index is 630. The lowest BCUT2D eigenvalue weighted by molar-refractivity contribution is -0.130. The van der Waals surface area contributed by atoms with Crippen LogP contribution in [-0.2, 0) is 9.59 Å². The van der Waals surface area contributed by atoms with Crippen LogP contribution in [0.2, 0.25) is 10.0 Å². The quantitative estimate of drug-likeness (QED) is 0.839. The van der Waals surface area contributed by atoms with Gasteiger partial charge in [0, 0.05) is 28.8 Å². The molecular formula is C13H11Cl2N3O2S. The lowest BCUT2D eigenvalue weighted by atomic mass is 10.2. The van der Waals surface area contributed by atoms with Crippen molar-refractivity contribution in [2.24, 2.45) is 4.99 Å². The second-order valence-electron chi connectivity index (χ2n) is 4.65. The number of thioether (sulfide) groups is 1. The minimum Gasteiger partial charge on any atom is -0.325 e. The molecule has 1 atom stereocenters. The van der Waals surface area contributed by atoms with E-state index in [0.717, 1.165) is 6.42 Å². The van der Waals surface area contributed by atoms with Crippen LogP contribution in [0.3, 0.4) is 0 Å². The molecule has 0 bridgehead atoms. The summed E-state index contributed by atoms with van der Waals surface area (Å²) in [5.74, 6) is -0.607. The van der Waals surface area contributed by atoms with Gasteiger partial charge in [-0.05, 0) is 24.6 Å². The summed E-state index contributed by atoms with van der Waals surface area (Å²) >= 11 is 13.0. The molecule has 8 heteroatoms. The van der Waals surface area contributed by atoms with Crippen molar-refractivity contribution >= 4 is 57.6 Å². The zero-order valence-corrected chi connectivity index (χ0v) is 13.1. The fourth-order valence-corrected chi connectivity index (χ4v) is 3.79. The average Bonchev–Trinajstić information content (AvgIpc) is 2.76. The van der Waals surface area contributed by atoms with Gasteiger partial charge in [-0.1, -0.05) is 35.0 Å². The van der Waals surface area contributed by atoms with Gasteiger partial charge in [0.1, 0.15) is 0 Å². The smallest absolute Gasteiger partial charge is 0.251 e. The molecule has 0 aromatic heterocycles. The van der Waals surface area contributed by atoms with Crippen LogP contribution in [0.25, 0.3) is 0 Å². The number of aliphatic imine (C=N–C) groups is 1. The van der Waals surface area contributed by atoms with E-state index >= 15 is 0 Å². The SMILES string of the molecule is O=C(Nc1cc(Cl)cc(Cl)c1)C1SC2=NCCCN2C1=O. The Morgan fingerprint density at radius 2 is 2.05 bits per heavy atom. The molecule has 110 valence electrons. The Kier molecular flexibility index (Phi) is 4.10. The largest absolute Gasteiger partial charge is 0.325 e. The molecule has 0 radical (unpaired) electrons. The van der Waals surface area contributed by atoms with Crippen LogP contribution in [-0.4, -0.2) is 40.2 Å². The summed E-state index contributed by atoms with van der Waals surface area (Å²) in [5, 5.41) is 3.35. The second-order valence-corrected chi connectivity index (χ2v) is 6.60. The zero-order valence-electron chi connectivity index (χ0n) is 10.8. The fourth-order valence-electron chi connectivity index (χ4n) is 2.19. The molecule has 1 saturated heterocycles. The number of amides is 2. The van der Waals surface area contributed by atoms with Gasteiger partial charge < -0.3 is 5.32 Å². The standard InChI is InChI=1S/C13H11Cl2N3O2S/c14-7-4-8(15)6-9(5-7)17-11(19)10-12(20)18-3-1-2-16-13(18)21-10/h4-6,10H,1-3H2,(H,17,19). The van der Waals surface area contributed by atoms with Crippen molar-refractivity contribution in [2.45, 2.75) is 11.7 Å². The van der Waals surface area contributed by atoms with Gasteiger partial charge in [0.25, 0.3) is 5.91 Å². The van der Waals surface area contributed by atoms with Crippen molar-refractivity contribution in [3.05, 3.63) is 28.2 Å². The van der Waals surface area contributed by atoms with Gasteiger partial charge in [0.15, 0.2) is 10.4 Å². The van der Waals surface area contributed by atoms with Crippen molar-refractivity contribution in [1.82, 2.24) is 4.90 Å². The first-order valence-electron chi connectivity index (χ1n) is 6.34. The van der Waals surface area contributed by atoms with Crippen LogP contribution in [0.1, 0.15) is 6.42 Å². The molecule has 1 aromatic carbocycles. The third-order valence-corrected chi connectivity index (χ3v) is 4.75. The number of carbonyl (C=O) groups is 2. The van der Waals surface area contributed by atoms with E-state index in [0.29, 0.717) is 34.0 Å². The number of hydrogen-bond donors (Lipinski definition) is 1. The maximum atomic E-state index is 12.3. The molecule has 2 amide bonds. The summed E-state index contributed by atoms with van der Waals surface area (Å²) in [6.07, 6.45) is 0.827. The maximum absolute atomic E-state index is 12.3. The Balaban J connectivity index is 1.75. The Morgan fingerprint density at radius 3 is 2.71 bits per heavy atom. The molecule has 0 spiro atoms. The fraction of sp³-hybridized carbons (Fsp3) is 0.308. The number of hydrogen-bond acceptors (Lipinski definition) is 4. The Hall–Kier alpha value is -1.24. The molecule has 0 aliphatic carbocycles. The average molecular weight is 344 g/mol. The van der Waals surface area contributed by atoms with E-state index in [4.69, 9.17) is 23.2 Å². The van der Waals surface area contributed by atoms with Crippen molar-refractivity contribution < 1.29 is 9.59 Å². The molecule has 1 unspecified atom stereocenters. The molecule has 2 aliphatic heterocycles. The Labute approximate surface area is 135 Å². The third kappa shape index (κ3) is 3.02. The first kappa shape index (κ1) is 14.7. The number of rotatable bonds is 2. The molecule has 0 saturated carbocycles. The van der Waals surface area contributed by atoms with Crippen molar-refractivity contribution in [3.8, 4) is 0 Å². The molecule has 1 N–H and O–H groups in total. The van der Waals surface area contributed by atoms with Gasteiger partial charge in [0.2, 0.25) is 5.91 Å². The molecule has 3 rings (SSSR count). The van der Waals surface area contributed by atoms with E-state index in [1.807, 2.05) is 0 Å². The van der Waals surface area contributed by atoms with E-state index in [2.05, 4.69) is 10.3 Å². The second kappa shape index (κ2) is 5.87. The van der Waals surface area contributed by atoms with E-state index in [1.165, 1.54) is 11.8 Å². The van der Waals surface area contributed by atoms with Gasteiger partial charge >= 0.3 is 0 Å². The predicted octanol–water partition coefficient (Wildman–Crippen LogP) is 2.64. The maximum Gasteiger partial charge on any atom is 0.251 e. The lowest BCUT2D eigenvalue weighted by Gasteiger charge is -2.19. The summed E-state index contributed by atoms with van der Waals surface area (Å²) in [5.41, 5.74) is 0.470. The normalized spacial score (nSPS) is 21.0. The van der Waals surface area contributed by atoms with Crippen LogP contribution in [0.15, 0.2) is 23.2 Å². The number of nitrogens with zero attached hydrogens (tertiary/aromatic N) is 2. The number of carbonyl (C=O) groups excluding carboxylic acids is 2. The third-order valence-electron chi connectivity index (χ3n) is 3.10. The lowest BCUT2D eigenvalue weighted by Crippen LogP contribution is -2.39. The number of halogens is 2. The van der Waals surface area contributed by atoms with Gasteiger partial charge in [0.05, 0.1) is 0 Å². The first-order chi connectivity index (χ1) is 10.0. The van der Waals surface area contributed by atoms with Crippen LogP contribution in [0.4, 0.5) is 5.69 Å². The zero-order chi connectivity index (χ0) is 15.0. The van der Waals surface area contributed by atoms with Gasteiger partial charge in [-0.3, -0.25) is 19.5 Å². The predicted molar refractivity (Wildman–Crippen MR) is 85.1 cm³/mol. The van der Waals surface area contributed by atoms with E-state index in [-0.39, 0.29) is 11.8 Å². The minimum atomic E-state index is -0.806. The number of benzene rings is 1. The van der Waals surface area contributed by atoms with E-state index in [1.54, 1.807) is 23.1 Å². The summed E-state index contributed by atoms with van der Waals surface area (Å²) < 4.78 is 0. The molecule has 5 nitrogen and oxygen atoms in total. The minimum absolute atomic E-state index is 0.218. The summed E-state index contributed by atoms with van der Waals surface area (Å²) in [4.78, 5) is 30.3. The summed E-state index contributed by atoms with van der Waals surface area (Å²) in [7, 11) is 0. The van der Waals surface area contributed by atoms with Crippen LogP contribution in [0.5, 0.6) is 0 Å². The molecule has 1 aromatic rings. The van der Waals surface area contributed by atoms with Crippen LogP contribution >= 0.6 is 35.0 Å². The number of anilines is 1. The summed E-state index contributed by atoms with van der Waals surface area (Å²) in [6, 6.07) is 4.74. The van der Waals surface area contributed by atoms with Gasteiger partial charge in [-0.2, -0.15) is 0 Å². The van der Waals surface area contributed by atoms with Crippen LogP contribution in [0, 0.1) is 0 Å². The highest BCUT2D eigenvalue weighted by Gasteiger charge is 2.43. The first-order valence-corrected chi connectivity index (χ1v) is 7.97. The number of fused-ring (bicyclic) bond motifs is 1. The van der Waals surface area contributed by atoms with E-state index < -0.39 is 5.25 Å². The molecule has 1 fully saturated rings. The van der Waals surface area contributed by atoms with Crippen molar-refractivity contribution in [2.75, 3.05) is 18.4 Å². The van der Waals surface area contributed by atoms with Crippen molar-refractivity contribution in [1.29, 1.82) is 0 Å². The monoisotopic (exact) mass is 343 g/mol. The topological polar surface area (TPSA) is 61.8 Å². The highest BCUT2D eigenvalue weighted by Crippen LogP contribution is 2.31. The molecule has 2 aliphatic rings. The van der Waals surface area contributed by atoms with Crippen LogP contribution < -0.4 is 5.32 Å². The van der Waals surface area contributed by atoms with Gasteiger partial charge in [-0.15, -0.1) is 0 Å². The highest BCUT2D eigenvalue weighted by molar-refractivity contribution is 8.16. The molecular weight excluding hydrogens is 333 g/mol. The number of amidine groups is 1. The molecule has 2 heterocycles. The van der Waals surface area contributed by atoms with Crippen molar-refractivity contribution in [3.63, 3.8) is 0 Å². The molecule has 21 heavy (non-hydrogen) atoms. The number of nitrogens with one attached hydrogen (secondary N) is 1.